The van der Waals surface area contributed by atoms with E-state index in [1.807, 2.05) is 97.2 Å². The van der Waals surface area contributed by atoms with E-state index in [0.717, 1.165) is 11.3 Å². The summed E-state index contributed by atoms with van der Waals surface area (Å²) in [6.45, 7) is 0. The third kappa shape index (κ3) is 5.26. The molecule has 200 valence electrons. The normalized spacial score (nSPS) is 14.0. The molecule has 0 bridgehead atoms. The molecular formula is C33H25N5O3. The first-order valence-electron chi connectivity index (χ1n) is 13.0. The van der Waals surface area contributed by atoms with Crippen LogP contribution >= 0.6 is 0 Å². The number of aromatic nitrogens is 2. The third-order valence-electron chi connectivity index (χ3n) is 6.56. The Morgan fingerprint density at radius 3 is 2.05 bits per heavy atom. The van der Waals surface area contributed by atoms with Crippen molar-refractivity contribution in [2.24, 2.45) is 4.99 Å². The average Bonchev–Trinajstić information content (AvgIpc) is 3.46. The predicted molar refractivity (Wildman–Crippen MR) is 157 cm³/mol. The molecule has 0 aliphatic carbocycles. The van der Waals surface area contributed by atoms with Gasteiger partial charge in [-0.15, -0.1) is 0 Å². The maximum atomic E-state index is 13.5. The number of rotatable bonds is 6. The van der Waals surface area contributed by atoms with Crippen LogP contribution in [0.5, 0.6) is 5.75 Å². The summed E-state index contributed by atoms with van der Waals surface area (Å²) >= 11 is 0. The molecule has 6 rings (SSSR count). The Bertz CT molecular complexity index is 1760. The number of carbonyl (C=O) groups is 2. The Balaban J connectivity index is 1.46. The highest BCUT2D eigenvalue weighted by Gasteiger charge is 2.31. The van der Waals surface area contributed by atoms with Crippen LogP contribution in [-0.2, 0) is 4.79 Å². The minimum absolute atomic E-state index is 0.146. The molecular weight excluding hydrogens is 514 g/mol. The first-order chi connectivity index (χ1) is 20.1. The van der Waals surface area contributed by atoms with Gasteiger partial charge in [0.15, 0.2) is 5.84 Å². The van der Waals surface area contributed by atoms with Crippen molar-refractivity contribution in [2.45, 2.75) is 0 Å². The third-order valence-corrected chi connectivity index (χ3v) is 6.56. The van der Waals surface area contributed by atoms with Crippen molar-refractivity contribution in [3.63, 3.8) is 0 Å². The fraction of sp³-hybridized carbons (Fsp3) is 0.0303. The molecule has 4 aromatic carbocycles. The molecule has 0 fully saturated rings. The number of amidine groups is 1. The summed E-state index contributed by atoms with van der Waals surface area (Å²) in [5.74, 6) is -0.0202. The van der Waals surface area contributed by atoms with Gasteiger partial charge < -0.3 is 4.74 Å². The van der Waals surface area contributed by atoms with Gasteiger partial charge in [0, 0.05) is 28.5 Å². The highest BCUT2D eigenvalue weighted by Crippen LogP contribution is 2.27. The fourth-order valence-corrected chi connectivity index (χ4v) is 4.49. The zero-order valence-corrected chi connectivity index (χ0v) is 22.1. The van der Waals surface area contributed by atoms with Gasteiger partial charge in [0.25, 0.3) is 11.8 Å². The van der Waals surface area contributed by atoms with Crippen LogP contribution < -0.4 is 10.2 Å². The van der Waals surface area contributed by atoms with Gasteiger partial charge >= 0.3 is 0 Å². The van der Waals surface area contributed by atoms with Crippen molar-refractivity contribution >= 4 is 23.7 Å². The molecule has 1 aromatic heterocycles. The Labute approximate surface area is 236 Å². The topological polar surface area (TPSA) is 88.8 Å². The number of methoxy groups -OCH3 is 1. The van der Waals surface area contributed by atoms with Crippen LogP contribution in [0.4, 0.5) is 0 Å². The number of hydrazine groups is 1. The lowest BCUT2D eigenvalue weighted by Gasteiger charge is -2.28. The highest BCUT2D eigenvalue weighted by molar-refractivity contribution is 6.18. The van der Waals surface area contributed by atoms with E-state index >= 15 is 0 Å². The van der Waals surface area contributed by atoms with Crippen molar-refractivity contribution in [3.8, 4) is 22.7 Å². The summed E-state index contributed by atoms with van der Waals surface area (Å²) in [6.07, 6.45) is 3.56. The van der Waals surface area contributed by atoms with Crippen molar-refractivity contribution < 1.29 is 14.3 Å². The molecule has 41 heavy (non-hydrogen) atoms. The first-order valence-corrected chi connectivity index (χ1v) is 13.0. The molecule has 0 atom stereocenters. The molecule has 1 aliphatic heterocycles. The summed E-state index contributed by atoms with van der Waals surface area (Å²) in [5.41, 5.74) is 7.12. The SMILES string of the molecule is COc1ccc(C(=O)N2NC(=O)/C(=C/c3cn(-c4ccccc4)nc3-c3ccccc3)N=C2c2ccccc2)cc1. The summed E-state index contributed by atoms with van der Waals surface area (Å²) in [7, 11) is 1.56. The lowest BCUT2D eigenvalue weighted by molar-refractivity contribution is -0.120. The summed E-state index contributed by atoms with van der Waals surface area (Å²) in [4.78, 5) is 31.7. The number of hydrogen-bond donors (Lipinski definition) is 1. The summed E-state index contributed by atoms with van der Waals surface area (Å²) in [6, 6.07) is 35.4. The maximum Gasteiger partial charge on any atom is 0.288 e. The van der Waals surface area contributed by atoms with E-state index in [4.69, 9.17) is 14.8 Å². The van der Waals surface area contributed by atoms with E-state index in [1.165, 1.54) is 5.01 Å². The maximum absolute atomic E-state index is 13.5. The number of nitrogens with one attached hydrogen (secondary N) is 1. The lowest BCUT2D eigenvalue weighted by atomic mass is 10.1. The van der Waals surface area contributed by atoms with Crippen molar-refractivity contribution in [1.29, 1.82) is 0 Å². The van der Waals surface area contributed by atoms with E-state index in [9.17, 15) is 9.59 Å². The molecule has 0 saturated carbocycles. The van der Waals surface area contributed by atoms with E-state index in [1.54, 1.807) is 42.1 Å². The Morgan fingerprint density at radius 1 is 0.805 bits per heavy atom. The molecule has 2 amide bonds. The number of carbonyl (C=O) groups excluding carboxylic acids is 2. The standard InChI is InChI=1S/C33H25N5O3/c1-41-28-19-17-25(18-20-28)33(40)38-31(24-13-7-3-8-14-24)34-29(32(39)36-38)21-26-22-37(27-15-9-4-10-16-27)35-30(26)23-11-5-2-6-12-23/h2-22H,1H3,(H,36,39)/b29-21-. The smallest absolute Gasteiger partial charge is 0.288 e. The number of hydrogen-bond acceptors (Lipinski definition) is 5. The van der Waals surface area contributed by atoms with Gasteiger partial charge in [0.2, 0.25) is 0 Å². The monoisotopic (exact) mass is 539 g/mol. The zero-order chi connectivity index (χ0) is 28.2. The van der Waals surface area contributed by atoms with Gasteiger partial charge in [-0.3, -0.25) is 15.0 Å². The van der Waals surface area contributed by atoms with Gasteiger partial charge in [-0.05, 0) is 42.5 Å². The average molecular weight is 540 g/mol. The van der Waals surface area contributed by atoms with E-state index in [-0.39, 0.29) is 5.70 Å². The lowest BCUT2D eigenvalue weighted by Crippen LogP contribution is -2.53. The van der Waals surface area contributed by atoms with E-state index in [0.29, 0.717) is 34.0 Å². The number of nitrogens with zero attached hydrogens (tertiary/aromatic N) is 4. The van der Waals surface area contributed by atoms with Crippen LogP contribution in [0.25, 0.3) is 23.0 Å². The van der Waals surface area contributed by atoms with Gasteiger partial charge in [-0.2, -0.15) is 10.1 Å². The van der Waals surface area contributed by atoms with Crippen molar-refractivity contribution in [1.82, 2.24) is 20.2 Å². The number of aliphatic imine (C=N–C) groups is 1. The molecule has 1 aliphatic rings. The number of amides is 2. The number of para-hydroxylation sites is 1. The van der Waals surface area contributed by atoms with Gasteiger partial charge in [0.05, 0.1) is 12.8 Å². The second kappa shape index (κ2) is 11.2. The van der Waals surface area contributed by atoms with Gasteiger partial charge in [-0.25, -0.2) is 9.67 Å². The second-order valence-corrected chi connectivity index (χ2v) is 9.22. The molecule has 2 heterocycles. The van der Waals surface area contributed by atoms with Crippen LogP contribution in [0.2, 0.25) is 0 Å². The molecule has 1 N–H and O–H groups in total. The van der Waals surface area contributed by atoms with Crippen LogP contribution in [0.3, 0.4) is 0 Å². The quantitative estimate of drug-likeness (QED) is 0.288. The summed E-state index contributed by atoms with van der Waals surface area (Å²) < 4.78 is 6.99. The Morgan fingerprint density at radius 2 is 1.41 bits per heavy atom. The highest BCUT2D eigenvalue weighted by atomic mass is 16.5. The van der Waals surface area contributed by atoms with Crippen molar-refractivity contribution in [3.05, 3.63) is 144 Å². The van der Waals surface area contributed by atoms with Crippen LogP contribution in [0.15, 0.2) is 132 Å². The fourth-order valence-electron chi connectivity index (χ4n) is 4.49. The molecule has 8 heteroatoms. The van der Waals surface area contributed by atoms with Crippen LogP contribution in [0, 0.1) is 0 Å². The van der Waals surface area contributed by atoms with Crippen molar-refractivity contribution in [2.75, 3.05) is 7.11 Å². The number of benzene rings is 4. The molecule has 0 radical (unpaired) electrons. The zero-order valence-electron chi connectivity index (χ0n) is 22.1. The summed E-state index contributed by atoms with van der Waals surface area (Å²) in [5, 5.41) is 6.02. The predicted octanol–water partition coefficient (Wildman–Crippen LogP) is 5.52. The number of ether oxygens (including phenoxy) is 1. The van der Waals surface area contributed by atoms with E-state index in [2.05, 4.69) is 5.43 Å². The first kappa shape index (κ1) is 25.5. The minimum Gasteiger partial charge on any atom is -0.497 e. The molecule has 5 aromatic rings. The van der Waals surface area contributed by atoms with Crippen LogP contribution in [-0.4, -0.2) is 39.5 Å². The van der Waals surface area contributed by atoms with E-state index < -0.39 is 11.8 Å². The molecule has 0 unspecified atom stereocenters. The Kier molecular flexibility index (Phi) is 6.94. The van der Waals surface area contributed by atoms with Gasteiger partial charge in [0.1, 0.15) is 17.1 Å². The second-order valence-electron chi connectivity index (χ2n) is 9.22. The molecule has 0 spiro atoms. The van der Waals surface area contributed by atoms with Gasteiger partial charge in [-0.1, -0.05) is 78.9 Å². The largest absolute Gasteiger partial charge is 0.497 e. The molecule has 8 nitrogen and oxygen atoms in total. The Hall–Kier alpha value is -5.76. The minimum atomic E-state index is -0.516. The molecule has 0 saturated heterocycles. The van der Waals surface area contributed by atoms with Crippen LogP contribution in [0.1, 0.15) is 21.5 Å².